The van der Waals surface area contributed by atoms with Crippen LogP contribution in [0.1, 0.15) is 16.8 Å². The molecule has 0 unspecified atom stereocenters. The Morgan fingerprint density at radius 1 is 0.957 bits per heavy atom. The van der Waals surface area contributed by atoms with Crippen LogP contribution in [0.15, 0.2) is 66.9 Å². The number of hydrogen-bond donors (Lipinski definition) is 1. The molecular weight excluding hydrogens is 286 g/mol. The van der Waals surface area contributed by atoms with E-state index in [0.717, 1.165) is 27.9 Å². The van der Waals surface area contributed by atoms with E-state index in [9.17, 15) is 5.11 Å². The number of aromatic nitrogens is 1. The normalized spacial score (nSPS) is 10.5. The summed E-state index contributed by atoms with van der Waals surface area (Å²) in [6, 6.07) is 19.9. The molecule has 1 heterocycles. The summed E-state index contributed by atoms with van der Waals surface area (Å²) in [5.41, 5.74) is 4.92. The molecule has 2 aromatic carbocycles. The first-order valence-electron chi connectivity index (χ1n) is 7.60. The summed E-state index contributed by atoms with van der Waals surface area (Å²) in [6.45, 7) is 2.40. The predicted molar refractivity (Wildman–Crippen MR) is 91.1 cm³/mol. The van der Waals surface area contributed by atoms with E-state index in [1.54, 1.807) is 0 Å². The van der Waals surface area contributed by atoms with E-state index in [-0.39, 0.29) is 6.61 Å². The molecule has 0 aliphatic carbocycles. The average Bonchev–Trinajstić information content (AvgIpc) is 2.61. The molecule has 0 aliphatic rings. The second-order valence-electron chi connectivity index (χ2n) is 5.44. The Balaban J connectivity index is 1.85. The maximum atomic E-state index is 9.52. The van der Waals surface area contributed by atoms with E-state index in [1.807, 2.05) is 73.8 Å². The lowest BCUT2D eigenvalue weighted by molar-refractivity contribution is 0.259. The molecule has 3 nitrogen and oxygen atoms in total. The predicted octanol–water partition coefficient (Wildman–Crippen LogP) is 4.13. The number of hydrogen-bond acceptors (Lipinski definition) is 3. The standard InChI is InChI=1S/C20H19NO2/c1-15-7-8-18(12-21-15)17-9-10-19(13-22)20(11-17)23-14-16-5-3-2-4-6-16/h2-12,22H,13-14H2,1H3. The minimum absolute atomic E-state index is 0.0451. The lowest BCUT2D eigenvalue weighted by Gasteiger charge is -2.12. The number of aliphatic hydroxyl groups excluding tert-OH is 1. The third kappa shape index (κ3) is 3.76. The second kappa shape index (κ2) is 7.07. The highest BCUT2D eigenvalue weighted by molar-refractivity contribution is 5.65. The smallest absolute Gasteiger partial charge is 0.125 e. The van der Waals surface area contributed by atoms with Crippen LogP contribution in [0.25, 0.3) is 11.1 Å². The Kier molecular flexibility index (Phi) is 4.69. The first-order valence-corrected chi connectivity index (χ1v) is 7.60. The van der Waals surface area contributed by atoms with E-state index >= 15 is 0 Å². The monoisotopic (exact) mass is 305 g/mol. The van der Waals surface area contributed by atoms with Gasteiger partial charge in [-0.15, -0.1) is 0 Å². The first kappa shape index (κ1) is 15.3. The molecular formula is C20H19NO2. The number of rotatable bonds is 5. The van der Waals surface area contributed by atoms with Gasteiger partial charge in [0.25, 0.3) is 0 Å². The summed E-state index contributed by atoms with van der Waals surface area (Å²) < 4.78 is 5.92. The molecule has 0 saturated heterocycles. The van der Waals surface area contributed by atoms with Crippen LogP contribution in [-0.4, -0.2) is 10.1 Å². The molecule has 0 fully saturated rings. The zero-order chi connectivity index (χ0) is 16.1. The van der Waals surface area contributed by atoms with Crippen molar-refractivity contribution >= 4 is 0 Å². The Bertz CT molecular complexity index is 767. The van der Waals surface area contributed by atoms with Crippen LogP contribution < -0.4 is 4.74 Å². The van der Waals surface area contributed by atoms with Gasteiger partial charge in [-0.05, 0) is 30.2 Å². The SMILES string of the molecule is Cc1ccc(-c2ccc(CO)c(OCc3ccccc3)c2)cn1. The Hall–Kier alpha value is -2.65. The lowest BCUT2D eigenvalue weighted by Crippen LogP contribution is -1.99. The molecule has 3 aromatic rings. The minimum Gasteiger partial charge on any atom is -0.489 e. The molecule has 1 N–H and O–H groups in total. The number of benzene rings is 2. The van der Waals surface area contributed by atoms with Gasteiger partial charge in [0.15, 0.2) is 0 Å². The fraction of sp³-hybridized carbons (Fsp3) is 0.150. The van der Waals surface area contributed by atoms with E-state index in [2.05, 4.69) is 4.98 Å². The molecule has 3 heteroatoms. The van der Waals surface area contributed by atoms with Crippen LogP contribution in [0, 0.1) is 6.92 Å². The van der Waals surface area contributed by atoms with E-state index < -0.39 is 0 Å². The van der Waals surface area contributed by atoms with Crippen molar-refractivity contribution in [3.8, 4) is 16.9 Å². The van der Waals surface area contributed by atoms with E-state index in [1.165, 1.54) is 0 Å². The van der Waals surface area contributed by atoms with E-state index in [4.69, 9.17) is 4.74 Å². The van der Waals surface area contributed by atoms with Crippen molar-refractivity contribution in [2.75, 3.05) is 0 Å². The maximum Gasteiger partial charge on any atom is 0.125 e. The van der Waals surface area contributed by atoms with Crippen LogP contribution in [0.3, 0.4) is 0 Å². The highest BCUT2D eigenvalue weighted by atomic mass is 16.5. The summed E-state index contributed by atoms with van der Waals surface area (Å²) in [5, 5.41) is 9.52. The fourth-order valence-electron chi connectivity index (χ4n) is 2.37. The van der Waals surface area contributed by atoms with Crippen molar-refractivity contribution in [2.24, 2.45) is 0 Å². The lowest BCUT2D eigenvalue weighted by atomic mass is 10.0. The summed E-state index contributed by atoms with van der Waals surface area (Å²) in [4.78, 5) is 4.33. The van der Waals surface area contributed by atoms with Gasteiger partial charge < -0.3 is 9.84 Å². The summed E-state index contributed by atoms with van der Waals surface area (Å²) >= 11 is 0. The van der Waals surface area contributed by atoms with Gasteiger partial charge in [0.1, 0.15) is 12.4 Å². The summed E-state index contributed by atoms with van der Waals surface area (Å²) in [7, 11) is 0. The molecule has 1 aromatic heterocycles. The Labute approximate surface area is 136 Å². The minimum atomic E-state index is -0.0451. The van der Waals surface area contributed by atoms with Crippen molar-refractivity contribution in [1.29, 1.82) is 0 Å². The quantitative estimate of drug-likeness (QED) is 0.770. The average molecular weight is 305 g/mol. The fourth-order valence-corrected chi connectivity index (χ4v) is 2.37. The van der Waals surface area contributed by atoms with Crippen molar-refractivity contribution in [2.45, 2.75) is 20.1 Å². The van der Waals surface area contributed by atoms with Gasteiger partial charge in [-0.25, -0.2) is 0 Å². The zero-order valence-corrected chi connectivity index (χ0v) is 13.1. The van der Waals surface area contributed by atoms with Crippen molar-refractivity contribution in [1.82, 2.24) is 4.98 Å². The zero-order valence-electron chi connectivity index (χ0n) is 13.1. The summed E-state index contributed by atoms with van der Waals surface area (Å²) in [5.74, 6) is 0.703. The molecule has 0 amide bonds. The summed E-state index contributed by atoms with van der Waals surface area (Å²) in [6.07, 6.45) is 1.85. The number of ether oxygens (including phenoxy) is 1. The molecule has 0 bridgehead atoms. The van der Waals surface area contributed by atoms with E-state index in [0.29, 0.717) is 12.4 Å². The number of pyridine rings is 1. The number of aryl methyl sites for hydroxylation is 1. The van der Waals surface area contributed by atoms with Crippen LogP contribution in [0.5, 0.6) is 5.75 Å². The van der Waals surface area contributed by atoms with Gasteiger partial charge in [0.2, 0.25) is 0 Å². The molecule has 0 aliphatic heterocycles. The highest BCUT2D eigenvalue weighted by Gasteiger charge is 2.07. The van der Waals surface area contributed by atoms with Gasteiger partial charge in [-0.1, -0.05) is 48.5 Å². The van der Waals surface area contributed by atoms with Gasteiger partial charge in [0, 0.05) is 23.0 Å². The maximum absolute atomic E-state index is 9.52. The first-order chi connectivity index (χ1) is 11.3. The number of nitrogens with zero attached hydrogens (tertiary/aromatic N) is 1. The molecule has 23 heavy (non-hydrogen) atoms. The van der Waals surface area contributed by atoms with Crippen LogP contribution in [0.4, 0.5) is 0 Å². The van der Waals surface area contributed by atoms with Crippen LogP contribution in [-0.2, 0) is 13.2 Å². The molecule has 0 saturated carbocycles. The highest BCUT2D eigenvalue weighted by Crippen LogP contribution is 2.28. The molecule has 116 valence electrons. The molecule has 0 radical (unpaired) electrons. The topological polar surface area (TPSA) is 42.4 Å². The Morgan fingerprint density at radius 3 is 2.43 bits per heavy atom. The second-order valence-corrected chi connectivity index (χ2v) is 5.44. The van der Waals surface area contributed by atoms with Gasteiger partial charge in [0.05, 0.1) is 6.61 Å². The molecule has 0 spiro atoms. The van der Waals surface area contributed by atoms with Crippen molar-refractivity contribution in [3.63, 3.8) is 0 Å². The van der Waals surface area contributed by atoms with Crippen molar-refractivity contribution in [3.05, 3.63) is 83.7 Å². The largest absolute Gasteiger partial charge is 0.489 e. The molecule has 0 atom stereocenters. The van der Waals surface area contributed by atoms with Crippen molar-refractivity contribution < 1.29 is 9.84 Å². The third-order valence-corrected chi connectivity index (χ3v) is 3.72. The van der Waals surface area contributed by atoms with Gasteiger partial charge in [-0.3, -0.25) is 4.98 Å². The van der Waals surface area contributed by atoms with Gasteiger partial charge >= 0.3 is 0 Å². The third-order valence-electron chi connectivity index (χ3n) is 3.72. The van der Waals surface area contributed by atoms with Gasteiger partial charge in [-0.2, -0.15) is 0 Å². The number of aliphatic hydroxyl groups is 1. The molecule has 3 rings (SSSR count). The van der Waals surface area contributed by atoms with Crippen LogP contribution in [0.2, 0.25) is 0 Å². The Morgan fingerprint density at radius 2 is 1.74 bits per heavy atom. The van der Waals surface area contributed by atoms with Crippen LogP contribution >= 0.6 is 0 Å².